The molecule has 0 atom stereocenters. The minimum atomic E-state index is 0.258. The van der Waals surface area contributed by atoms with Crippen LogP contribution in [0.4, 0.5) is 0 Å². The Morgan fingerprint density at radius 2 is 2.17 bits per heavy atom. The molecule has 0 spiro atoms. The largest absolute Gasteiger partial charge is 0.377 e. The van der Waals surface area contributed by atoms with Gasteiger partial charge in [0.15, 0.2) is 0 Å². The first kappa shape index (κ1) is 14.7. The van der Waals surface area contributed by atoms with Gasteiger partial charge >= 0.3 is 0 Å². The highest BCUT2D eigenvalue weighted by molar-refractivity contribution is 5.75. The Labute approximate surface area is 110 Å². The first-order valence-corrected chi connectivity index (χ1v) is 6.51. The summed E-state index contributed by atoms with van der Waals surface area (Å²) >= 11 is 0. The number of carbonyl (C=O) groups is 1. The van der Waals surface area contributed by atoms with Gasteiger partial charge < -0.3 is 9.53 Å². The number of hydrogen-bond donors (Lipinski definition) is 0. The van der Waals surface area contributed by atoms with E-state index in [0.29, 0.717) is 13.0 Å². The third kappa shape index (κ3) is 6.36. The third-order valence-corrected chi connectivity index (χ3v) is 2.65. The lowest BCUT2D eigenvalue weighted by Crippen LogP contribution is -1.97. The molecule has 0 unspecified atom stereocenters. The van der Waals surface area contributed by atoms with Crippen molar-refractivity contribution in [1.82, 2.24) is 0 Å². The van der Waals surface area contributed by atoms with Gasteiger partial charge in [0.2, 0.25) is 0 Å². The van der Waals surface area contributed by atoms with Crippen molar-refractivity contribution in [2.24, 2.45) is 0 Å². The van der Waals surface area contributed by atoms with Crippen molar-refractivity contribution >= 4 is 11.9 Å². The van der Waals surface area contributed by atoms with Crippen LogP contribution in [0.5, 0.6) is 0 Å². The van der Waals surface area contributed by atoms with E-state index < -0.39 is 0 Å². The van der Waals surface area contributed by atoms with E-state index in [-0.39, 0.29) is 5.78 Å². The molecule has 1 aromatic carbocycles. The number of ketones is 1. The number of hydrogen-bond acceptors (Lipinski definition) is 2. The molecule has 98 valence electrons. The summed E-state index contributed by atoms with van der Waals surface area (Å²) in [5.74, 6) is 0.258. The second-order valence-electron chi connectivity index (χ2n) is 4.46. The predicted molar refractivity (Wildman–Crippen MR) is 75.3 cm³/mol. The smallest absolute Gasteiger partial charge is 0.129 e. The van der Waals surface area contributed by atoms with Crippen LogP contribution in [0.3, 0.4) is 0 Å². The second-order valence-corrected chi connectivity index (χ2v) is 4.46. The number of benzene rings is 1. The molecular formula is C16H22O2. The number of ether oxygens (including phenoxy) is 1. The van der Waals surface area contributed by atoms with Gasteiger partial charge in [0, 0.05) is 13.0 Å². The molecule has 18 heavy (non-hydrogen) atoms. The average Bonchev–Trinajstić information content (AvgIpc) is 2.34. The van der Waals surface area contributed by atoms with Crippen molar-refractivity contribution in [3.63, 3.8) is 0 Å². The molecule has 1 aromatic rings. The van der Waals surface area contributed by atoms with Crippen LogP contribution in [-0.4, -0.2) is 12.4 Å². The monoisotopic (exact) mass is 246 g/mol. The highest BCUT2D eigenvalue weighted by Gasteiger charge is 1.96. The molecule has 0 saturated heterocycles. The number of Topliss-reactive ketones (excluding diaryl/α,β-unsaturated/α-hetero) is 1. The van der Waals surface area contributed by atoms with Gasteiger partial charge in [-0.3, -0.25) is 0 Å². The van der Waals surface area contributed by atoms with Crippen molar-refractivity contribution < 1.29 is 9.53 Å². The highest BCUT2D eigenvalue weighted by atomic mass is 16.5. The summed E-state index contributed by atoms with van der Waals surface area (Å²) in [5.41, 5.74) is 2.40. The van der Waals surface area contributed by atoms with E-state index in [9.17, 15) is 4.79 Å². The fourth-order valence-electron chi connectivity index (χ4n) is 1.75. The van der Waals surface area contributed by atoms with Gasteiger partial charge in [0.25, 0.3) is 0 Å². The molecule has 0 aliphatic rings. The molecule has 2 nitrogen and oxygen atoms in total. The Kier molecular flexibility index (Phi) is 7.04. The fraction of sp³-hybridized carbons (Fsp3) is 0.438. The summed E-state index contributed by atoms with van der Waals surface area (Å²) < 4.78 is 5.60. The lowest BCUT2D eigenvalue weighted by molar-refractivity contribution is -0.117. The number of carbonyl (C=O) groups excluding carboxylic acids is 1. The molecule has 0 aliphatic carbocycles. The Balaban J connectivity index is 2.22. The molecular weight excluding hydrogens is 224 g/mol. The van der Waals surface area contributed by atoms with E-state index in [1.807, 2.05) is 19.1 Å². The third-order valence-electron chi connectivity index (χ3n) is 2.65. The minimum absolute atomic E-state index is 0.258. The summed E-state index contributed by atoms with van der Waals surface area (Å²) in [6.45, 7) is 5.01. The maximum atomic E-state index is 10.7. The number of rotatable bonds is 8. The van der Waals surface area contributed by atoms with Crippen LogP contribution in [0, 0.1) is 0 Å². The van der Waals surface area contributed by atoms with Crippen molar-refractivity contribution in [3.05, 3.63) is 41.5 Å². The summed E-state index contributed by atoms with van der Waals surface area (Å²) in [6, 6.07) is 8.33. The molecule has 0 amide bonds. The first-order valence-electron chi connectivity index (χ1n) is 6.51. The molecule has 0 radical (unpaired) electrons. The molecule has 0 saturated carbocycles. The van der Waals surface area contributed by atoms with Gasteiger partial charge in [-0.1, -0.05) is 30.4 Å². The second kappa shape index (κ2) is 8.65. The standard InChI is InChI=1S/C16H22O2/c1-3-7-15-9-6-10-16(12-15)13-18-11-5-4-8-14(2)17/h3,6-7,9-10,12H,4-5,8,11,13H2,1-2H3/b7-3+. The molecule has 0 aliphatic heterocycles. The molecule has 2 heteroatoms. The highest BCUT2D eigenvalue weighted by Crippen LogP contribution is 2.09. The van der Waals surface area contributed by atoms with Crippen LogP contribution in [0.15, 0.2) is 30.3 Å². The first-order chi connectivity index (χ1) is 8.72. The van der Waals surface area contributed by atoms with E-state index in [2.05, 4.69) is 24.3 Å². The van der Waals surface area contributed by atoms with Crippen molar-refractivity contribution in [1.29, 1.82) is 0 Å². The van der Waals surface area contributed by atoms with Crippen LogP contribution in [-0.2, 0) is 16.1 Å². The van der Waals surface area contributed by atoms with E-state index in [4.69, 9.17) is 4.74 Å². The van der Waals surface area contributed by atoms with Crippen LogP contribution in [0.2, 0.25) is 0 Å². The zero-order valence-electron chi connectivity index (χ0n) is 11.3. The lowest BCUT2D eigenvalue weighted by atomic mass is 10.1. The fourth-order valence-corrected chi connectivity index (χ4v) is 1.75. The molecule has 0 aromatic heterocycles. The topological polar surface area (TPSA) is 26.3 Å². The summed E-state index contributed by atoms with van der Waals surface area (Å²) in [7, 11) is 0. The minimum Gasteiger partial charge on any atom is -0.377 e. The SMILES string of the molecule is C/C=C/c1cccc(COCCCCC(C)=O)c1. The predicted octanol–water partition coefficient (Wildman–Crippen LogP) is 4.00. The molecule has 0 heterocycles. The van der Waals surface area contributed by atoms with E-state index in [1.54, 1.807) is 6.92 Å². The normalized spacial score (nSPS) is 11.0. The maximum Gasteiger partial charge on any atom is 0.129 e. The van der Waals surface area contributed by atoms with Gasteiger partial charge in [-0.15, -0.1) is 0 Å². The van der Waals surface area contributed by atoms with E-state index in [0.717, 1.165) is 19.4 Å². The molecule has 1 rings (SSSR count). The van der Waals surface area contributed by atoms with E-state index in [1.165, 1.54) is 11.1 Å². The summed E-state index contributed by atoms with van der Waals surface area (Å²) in [4.78, 5) is 10.7. The van der Waals surface area contributed by atoms with E-state index >= 15 is 0 Å². The van der Waals surface area contributed by atoms with Crippen LogP contribution >= 0.6 is 0 Å². The summed E-state index contributed by atoms with van der Waals surface area (Å²) in [6.07, 6.45) is 6.65. The van der Waals surface area contributed by atoms with Crippen LogP contribution in [0.1, 0.15) is 44.2 Å². The molecule has 0 fully saturated rings. The number of allylic oxidation sites excluding steroid dienone is 1. The summed E-state index contributed by atoms with van der Waals surface area (Å²) in [5, 5.41) is 0. The van der Waals surface area contributed by atoms with Gasteiger partial charge in [0.1, 0.15) is 5.78 Å². The van der Waals surface area contributed by atoms with Crippen molar-refractivity contribution in [2.45, 2.75) is 39.7 Å². The van der Waals surface area contributed by atoms with Gasteiger partial charge in [-0.25, -0.2) is 0 Å². The zero-order valence-corrected chi connectivity index (χ0v) is 11.3. The Bertz CT molecular complexity index is 394. The van der Waals surface area contributed by atoms with Crippen LogP contribution < -0.4 is 0 Å². The van der Waals surface area contributed by atoms with Crippen LogP contribution in [0.25, 0.3) is 6.08 Å². The van der Waals surface area contributed by atoms with Crippen molar-refractivity contribution in [2.75, 3.05) is 6.61 Å². The Hall–Kier alpha value is -1.41. The van der Waals surface area contributed by atoms with Crippen molar-refractivity contribution in [3.8, 4) is 0 Å². The lowest BCUT2D eigenvalue weighted by Gasteiger charge is -2.05. The quantitative estimate of drug-likeness (QED) is 0.648. The van der Waals surface area contributed by atoms with Gasteiger partial charge in [0.05, 0.1) is 6.61 Å². The maximum absolute atomic E-state index is 10.7. The molecule has 0 N–H and O–H groups in total. The van der Waals surface area contributed by atoms with Gasteiger partial charge in [-0.05, 0) is 43.9 Å². The Morgan fingerprint density at radius 3 is 2.89 bits per heavy atom. The molecule has 0 bridgehead atoms. The Morgan fingerprint density at radius 1 is 1.33 bits per heavy atom. The zero-order chi connectivity index (χ0) is 13.2. The average molecular weight is 246 g/mol. The number of unbranched alkanes of at least 4 members (excludes halogenated alkanes) is 1. The van der Waals surface area contributed by atoms with Gasteiger partial charge in [-0.2, -0.15) is 0 Å².